The summed E-state index contributed by atoms with van der Waals surface area (Å²) in [4.78, 5) is 0. The van der Waals surface area contributed by atoms with Crippen LogP contribution in [0.2, 0.25) is 0 Å². The number of hydrogen-bond donors (Lipinski definition) is 1. The highest BCUT2D eigenvalue weighted by molar-refractivity contribution is 7.53. The summed E-state index contributed by atoms with van der Waals surface area (Å²) in [5.41, 5.74) is 0.983. The van der Waals surface area contributed by atoms with Gasteiger partial charge in [-0.05, 0) is 37.0 Å². The average Bonchev–Trinajstić information content (AvgIpc) is 2.66. The van der Waals surface area contributed by atoms with E-state index in [0.29, 0.717) is 6.42 Å². The van der Waals surface area contributed by atoms with Crippen LogP contribution in [-0.4, -0.2) is 45.8 Å². The maximum atomic E-state index is 11.9. The summed E-state index contributed by atoms with van der Waals surface area (Å²) >= 11 is 0. The van der Waals surface area contributed by atoms with Crippen molar-refractivity contribution in [1.29, 1.82) is 0 Å². The third-order valence-corrected chi connectivity index (χ3v) is 5.79. The molecular formula is C19H29O6P. The number of unbranched alkanes of at least 4 members (excludes halogenated alkanes) is 1. The third kappa shape index (κ3) is 8.19. The predicted octanol–water partition coefficient (Wildman–Crippen LogP) is 4.29. The van der Waals surface area contributed by atoms with Crippen LogP contribution in [0.1, 0.15) is 24.8 Å². The molecule has 1 atom stereocenters. The van der Waals surface area contributed by atoms with Crippen molar-refractivity contribution in [3.8, 4) is 11.5 Å². The Labute approximate surface area is 156 Å². The fourth-order valence-electron chi connectivity index (χ4n) is 2.31. The summed E-state index contributed by atoms with van der Waals surface area (Å²) in [5.74, 6) is 1.48. The van der Waals surface area contributed by atoms with Crippen molar-refractivity contribution in [2.24, 2.45) is 0 Å². The van der Waals surface area contributed by atoms with E-state index in [-0.39, 0.29) is 6.16 Å². The molecule has 0 radical (unpaired) electrons. The Morgan fingerprint density at radius 2 is 1.65 bits per heavy atom. The molecule has 6 nitrogen and oxygen atoms in total. The van der Waals surface area contributed by atoms with Crippen LogP contribution in [0, 0.1) is 0 Å². The lowest BCUT2D eigenvalue weighted by Crippen LogP contribution is -2.14. The smallest absolute Gasteiger partial charge is 0.332 e. The zero-order valence-electron chi connectivity index (χ0n) is 15.9. The van der Waals surface area contributed by atoms with Gasteiger partial charge in [0.1, 0.15) is 11.5 Å². The second kappa shape index (κ2) is 11.9. The number of ether oxygens (including phenoxy) is 2. The Bertz CT molecular complexity index is 611. The van der Waals surface area contributed by atoms with Crippen LogP contribution < -0.4 is 9.47 Å². The van der Waals surface area contributed by atoms with E-state index < -0.39 is 13.7 Å². The molecule has 146 valence electrons. The summed E-state index contributed by atoms with van der Waals surface area (Å²) < 4.78 is 32.0. The Morgan fingerprint density at radius 1 is 1.04 bits per heavy atom. The van der Waals surface area contributed by atoms with Gasteiger partial charge in [-0.3, -0.25) is 4.57 Å². The molecule has 0 aliphatic rings. The highest BCUT2D eigenvalue weighted by atomic mass is 31.2. The van der Waals surface area contributed by atoms with Crippen molar-refractivity contribution >= 4 is 13.7 Å². The van der Waals surface area contributed by atoms with E-state index in [1.165, 1.54) is 14.2 Å². The second-order valence-corrected chi connectivity index (χ2v) is 7.99. The zero-order chi connectivity index (χ0) is 19.4. The molecule has 0 aliphatic carbocycles. The van der Waals surface area contributed by atoms with Crippen LogP contribution in [0.25, 0.3) is 6.08 Å². The van der Waals surface area contributed by atoms with Gasteiger partial charge in [-0.1, -0.05) is 24.3 Å². The third-order valence-electron chi connectivity index (χ3n) is 3.81. The minimum atomic E-state index is -3.15. The van der Waals surface area contributed by atoms with Gasteiger partial charge in [0.2, 0.25) is 0 Å². The van der Waals surface area contributed by atoms with Crippen LogP contribution in [0.4, 0.5) is 0 Å². The summed E-state index contributed by atoms with van der Waals surface area (Å²) in [7, 11) is 2.74. The monoisotopic (exact) mass is 384 g/mol. The standard InChI is InChI=1S/C19H29O6P/c1-22-18-12-16(13-19(14-18)23-2)10-8-6-5-7-9-11-17(20)15-26(21,24-3)25-4/h5-6,8,10,12-14,17,20H,7,9,11,15H2,1-4H3/b6-5+,10-8+. The highest BCUT2D eigenvalue weighted by Crippen LogP contribution is 2.47. The lowest BCUT2D eigenvalue weighted by Gasteiger charge is -2.17. The molecule has 0 saturated heterocycles. The number of aliphatic hydroxyl groups is 1. The molecule has 1 aromatic carbocycles. The van der Waals surface area contributed by atoms with Crippen molar-refractivity contribution in [2.45, 2.75) is 25.4 Å². The van der Waals surface area contributed by atoms with E-state index in [4.69, 9.17) is 18.5 Å². The lowest BCUT2D eigenvalue weighted by atomic mass is 10.1. The molecule has 7 heteroatoms. The summed E-state index contributed by atoms with van der Waals surface area (Å²) in [6.07, 6.45) is 9.32. The van der Waals surface area contributed by atoms with E-state index in [2.05, 4.69) is 0 Å². The first-order valence-corrected chi connectivity index (χ1v) is 10.1. The van der Waals surface area contributed by atoms with Gasteiger partial charge >= 0.3 is 7.60 Å². The molecule has 0 fully saturated rings. The first-order chi connectivity index (χ1) is 12.5. The molecule has 0 bridgehead atoms. The van der Waals surface area contributed by atoms with Gasteiger partial charge in [0.15, 0.2) is 0 Å². The highest BCUT2D eigenvalue weighted by Gasteiger charge is 2.25. The predicted molar refractivity (Wildman–Crippen MR) is 104 cm³/mol. The second-order valence-electron chi connectivity index (χ2n) is 5.68. The number of methoxy groups -OCH3 is 2. The van der Waals surface area contributed by atoms with Crippen LogP contribution in [0.15, 0.2) is 36.4 Å². The SMILES string of the molecule is COc1cc(/C=C/C=C/CCCC(O)CP(=O)(OC)OC)cc(OC)c1. The van der Waals surface area contributed by atoms with E-state index >= 15 is 0 Å². The quantitative estimate of drug-likeness (QED) is 0.329. The van der Waals surface area contributed by atoms with Crippen molar-refractivity contribution in [3.05, 3.63) is 42.0 Å². The van der Waals surface area contributed by atoms with Crippen molar-refractivity contribution in [3.63, 3.8) is 0 Å². The summed E-state index contributed by atoms with van der Waals surface area (Å²) in [6, 6.07) is 5.67. The fraction of sp³-hybridized carbons (Fsp3) is 0.474. The van der Waals surface area contributed by atoms with Crippen molar-refractivity contribution < 1.29 is 28.2 Å². The molecule has 0 saturated carbocycles. The van der Waals surface area contributed by atoms with Gasteiger partial charge in [0.05, 0.1) is 26.5 Å². The minimum Gasteiger partial charge on any atom is -0.497 e. The molecule has 1 unspecified atom stereocenters. The molecule has 0 heterocycles. The topological polar surface area (TPSA) is 74.2 Å². The van der Waals surface area contributed by atoms with Crippen LogP contribution in [-0.2, 0) is 13.6 Å². The van der Waals surface area contributed by atoms with Gasteiger partial charge in [-0.25, -0.2) is 0 Å². The van der Waals surface area contributed by atoms with Gasteiger partial charge in [0, 0.05) is 20.3 Å². The molecule has 26 heavy (non-hydrogen) atoms. The molecule has 1 N–H and O–H groups in total. The molecule has 1 aromatic rings. The van der Waals surface area contributed by atoms with E-state index in [1.54, 1.807) is 14.2 Å². The Morgan fingerprint density at radius 3 is 2.19 bits per heavy atom. The Hall–Kier alpha value is -1.59. The molecule has 0 amide bonds. The van der Waals surface area contributed by atoms with E-state index in [9.17, 15) is 9.67 Å². The first kappa shape index (κ1) is 22.5. The molecule has 0 aromatic heterocycles. The van der Waals surface area contributed by atoms with E-state index in [0.717, 1.165) is 29.9 Å². The molecule has 0 aliphatic heterocycles. The minimum absolute atomic E-state index is 0.0152. The average molecular weight is 384 g/mol. The fourth-order valence-corrected chi connectivity index (χ4v) is 3.46. The van der Waals surface area contributed by atoms with Crippen LogP contribution in [0.5, 0.6) is 11.5 Å². The van der Waals surface area contributed by atoms with Gasteiger partial charge in [0.25, 0.3) is 0 Å². The van der Waals surface area contributed by atoms with E-state index in [1.807, 2.05) is 42.5 Å². The molecule has 1 rings (SSSR count). The molecular weight excluding hydrogens is 355 g/mol. The normalized spacial score (nSPS) is 13.4. The maximum absolute atomic E-state index is 11.9. The summed E-state index contributed by atoms with van der Waals surface area (Å²) in [5, 5.41) is 9.90. The summed E-state index contributed by atoms with van der Waals surface area (Å²) in [6.45, 7) is 0. The number of hydrogen-bond acceptors (Lipinski definition) is 6. The number of benzene rings is 1. The van der Waals surface area contributed by atoms with Gasteiger partial charge in [-0.2, -0.15) is 0 Å². The number of allylic oxidation sites excluding steroid dienone is 3. The zero-order valence-corrected chi connectivity index (χ0v) is 16.8. The Kier molecular flexibility index (Phi) is 10.3. The van der Waals surface area contributed by atoms with Gasteiger partial charge < -0.3 is 23.6 Å². The molecule has 0 spiro atoms. The van der Waals surface area contributed by atoms with Crippen LogP contribution >= 0.6 is 7.60 Å². The first-order valence-electron chi connectivity index (χ1n) is 8.41. The number of aliphatic hydroxyl groups excluding tert-OH is 1. The maximum Gasteiger partial charge on any atom is 0.332 e. The van der Waals surface area contributed by atoms with Crippen LogP contribution in [0.3, 0.4) is 0 Å². The Balaban J connectivity index is 2.39. The van der Waals surface area contributed by atoms with Crippen molar-refractivity contribution in [1.82, 2.24) is 0 Å². The number of rotatable bonds is 12. The lowest BCUT2D eigenvalue weighted by molar-refractivity contribution is 0.170. The largest absolute Gasteiger partial charge is 0.497 e. The van der Waals surface area contributed by atoms with Crippen molar-refractivity contribution in [2.75, 3.05) is 34.6 Å². The van der Waals surface area contributed by atoms with Gasteiger partial charge in [-0.15, -0.1) is 0 Å².